The topological polar surface area (TPSA) is 107 Å². The number of hydrogen-bond donors (Lipinski definition) is 4. The predicted octanol–water partition coefficient (Wildman–Crippen LogP) is 2.11. The molecule has 1 amide bonds. The number of pyridine rings is 1. The third kappa shape index (κ3) is 2.61. The zero-order valence-corrected chi connectivity index (χ0v) is 12.7. The maximum Gasteiger partial charge on any atom is 0.231 e. The summed E-state index contributed by atoms with van der Waals surface area (Å²) in [7, 11) is 0. The molecule has 4 rings (SSSR count). The number of aliphatic hydroxyl groups excluding tert-OH is 1. The minimum absolute atomic E-state index is 0.0190. The van der Waals surface area contributed by atoms with Gasteiger partial charge in [0, 0.05) is 17.3 Å². The van der Waals surface area contributed by atoms with Crippen molar-refractivity contribution in [1.82, 2.24) is 19.9 Å². The number of nitrogens with one attached hydrogen (secondary N) is 3. The summed E-state index contributed by atoms with van der Waals surface area (Å²) >= 11 is 0. The van der Waals surface area contributed by atoms with Crippen molar-refractivity contribution in [3.8, 4) is 0 Å². The molecule has 0 saturated heterocycles. The number of nitrogens with zero attached hydrogens (tertiary/aromatic N) is 2. The molecular weight excluding hydrogens is 306 g/mol. The Hall–Kier alpha value is -3.19. The van der Waals surface area contributed by atoms with Crippen LogP contribution < -0.4 is 5.32 Å². The Bertz CT molecular complexity index is 1020. The Balaban J connectivity index is 1.53. The van der Waals surface area contributed by atoms with Crippen molar-refractivity contribution in [3.05, 3.63) is 54.1 Å². The van der Waals surface area contributed by atoms with Gasteiger partial charge in [-0.05, 0) is 23.8 Å². The second-order valence-corrected chi connectivity index (χ2v) is 5.52. The smallest absolute Gasteiger partial charge is 0.231 e. The van der Waals surface area contributed by atoms with Crippen molar-refractivity contribution in [2.24, 2.45) is 0 Å². The molecule has 4 aromatic rings. The minimum Gasteiger partial charge on any atom is -0.392 e. The summed E-state index contributed by atoms with van der Waals surface area (Å²) in [6, 6.07) is 8.98. The highest BCUT2D eigenvalue weighted by molar-refractivity contribution is 6.01. The van der Waals surface area contributed by atoms with E-state index in [-0.39, 0.29) is 18.9 Å². The van der Waals surface area contributed by atoms with Gasteiger partial charge in [-0.3, -0.25) is 4.79 Å². The van der Waals surface area contributed by atoms with Crippen LogP contribution in [0.5, 0.6) is 0 Å². The van der Waals surface area contributed by atoms with E-state index in [9.17, 15) is 4.79 Å². The van der Waals surface area contributed by atoms with Gasteiger partial charge in [-0.15, -0.1) is 0 Å². The number of aromatic nitrogens is 4. The second kappa shape index (κ2) is 5.78. The van der Waals surface area contributed by atoms with Crippen molar-refractivity contribution < 1.29 is 9.90 Å². The molecule has 0 bridgehead atoms. The fourth-order valence-corrected chi connectivity index (χ4v) is 2.67. The van der Waals surface area contributed by atoms with Crippen molar-refractivity contribution in [2.45, 2.75) is 13.0 Å². The number of hydrogen-bond acceptors (Lipinski definition) is 4. The lowest BCUT2D eigenvalue weighted by Gasteiger charge is -2.04. The highest BCUT2D eigenvalue weighted by Gasteiger charge is 2.11. The third-order valence-corrected chi connectivity index (χ3v) is 3.84. The largest absolute Gasteiger partial charge is 0.392 e. The molecule has 0 spiro atoms. The maximum absolute atomic E-state index is 12.2. The Kier molecular flexibility index (Phi) is 3.47. The molecular formula is C17H15N5O2. The molecule has 24 heavy (non-hydrogen) atoms. The first-order chi connectivity index (χ1) is 11.7. The van der Waals surface area contributed by atoms with Crippen LogP contribution in [0.4, 0.5) is 5.69 Å². The van der Waals surface area contributed by atoms with Gasteiger partial charge < -0.3 is 20.4 Å². The van der Waals surface area contributed by atoms with Crippen LogP contribution in [0.1, 0.15) is 11.4 Å². The van der Waals surface area contributed by atoms with Crippen LogP contribution in [-0.4, -0.2) is 30.9 Å². The van der Waals surface area contributed by atoms with Gasteiger partial charge in [-0.2, -0.15) is 0 Å². The summed E-state index contributed by atoms with van der Waals surface area (Å²) in [5, 5.41) is 12.8. The van der Waals surface area contributed by atoms with E-state index in [1.54, 1.807) is 30.5 Å². The summed E-state index contributed by atoms with van der Waals surface area (Å²) in [5.74, 6) is 0.425. The van der Waals surface area contributed by atoms with Gasteiger partial charge in [0.1, 0.15) is 17.0 Å². The molecule has 0 aliphatic rings. The molecule has 0 atom stereocenters. The number of fused-ring (bicyclic) bond motifs is 3. The van der Waals surface area contributed by atoms with Gasteiger partial charge in [0.2, 0.25) is 5.91 Å². The Labute approximate surface area is 136 Å². The number of rotatable bonds is 4. The summed E-state index contributed by atoms with van der Waals surface area (Å²) in [4.78, 5) is 27.1. The average Bonchev–Trinajstić information content (AvgIpc) is 3.20. The van der Waals surface area contributed by atoms with Crippen LogP contribution in [0, 0.1) is 0 Å². The number of carbonyl (C=O) groups is 1. The number of aliphatic hydroxyl groups is 1. The lowest BCUT2D eigenvalue weighted by molar-refractivity contribution is -0.115. The average molecular weight is 321 g/mol. The number of anilines is 1. The number of H-pyrrole nitrogens is 2. The molecule has 0 fully saturated rings. The normalized spacial score (nSPS) is 11.2. The fraction of sp³-hybridized carbons (Fsp3) is 0.118. The number of amides is 1. The quantitative estimate of drug-likeness (QED) is 0.462. The van der Waals surface area contributed by atoms with Crippen LogP contribution >= 0.6 is 0 Å². The van der Waals surface area contributed by atoms with E-state index in [4.69, 9.17) is 5.11 Å². The highest BCUT2D eigenvalue weighted by atomic mass is 16.3. The van der Waals surface area contributed by atoms with E-state index in [2.05, 4.69) is 25.3 Å². The maximum atomic E-state index is 12.2. The molecule has 3 aromatic heterocycles. The van der Waals surface area contributed by atoms with Gasteiger partial charge in [0.25, 0.3) is 0 Å². The number of carbonyl (C=O) groups excluding carboxylic acids is 1. The van der Waals surface area contributed by atoms with Crippen LogP contribution in [0.3, 0.4) is 0 Å². The SMILES string of the molecule is O=C(Cc1nc2cnc3[nH]ccc3c2[nH]1)Nc1ccc(CO)cc1. The molecule has 7 nitrogen and oxygen atoms in total. The van der Waals surface area contributed by atoms with E-state index < -0.39 is 0 Å². The molecule has 0 radical (unpaired) electrons. The molecule has 7 heteroatoms. The number of imidazole rings is 1. The lowest BCUT2D eigenvalue weighted by Crippen LogP contribution is -2.15. The van der Waals surface area contributed by atoms with E-state index in [1.165, 1.54) is 0 Å². The Morgan fingerprint density at radius 1 is 1.21 bits per heavy atom. The Morgan fingerprint density at radius 2 is 2.04 bits per heavy atom. The van der Waals surface area contributed by atoms with Gasteiger partial charge in [-0.1, -0.05) is 12.1 Å². The molecule has 4 N–H and O–H groups in total. The van der Waals surface area contributed by atoms with E-state index in [1.807, 2.05) is 12.3 Å². The third-order valence-electron chi connectivity index (χ3n) is 3.84. The van der Waals surface area contributed by atoms with E-state index >= 15 is 0 Å². The standard InChI is InChI=1S/C17H15N5O2/c23-9-10-1-3-11(4-2-10)20-15(24)7-14-21-13-8-19-17-12(5-6-18-17)16(13)22-14/h1-6,8,23H,7,9H2,(H,18,19)(H,20,24)(H,21,22). The fourth-order valence-electron chi connectivity index (χ4n) is 2.67. The Morgan fingerprint density at radius 3 is 2.83 bits per heavy atom. The van der Waals surface area contributed by atoms with E-state index in [0.29, 0.717) is 11.5 Å². The monoisotopic (exact) mass is 321 g/mol. The summed E-state index contributed by atoms with van der Waals surface area (Å²) in [6.45, 7) is -0.0190. The predicted molar refractivity (Wildman–Crippen MR) is 90.4 cm³/mol. The van der Waals surface area contributed by atoms with Gasteiger partial charge in [-0.25, -0.2) is 9.97 Å². The number of aromatic amines is 2. The van der Waals surface area contributed by atoms with Gasteiger partial charge in [0.15, 0.2) is 0 Å². The zero-order chi connectivity index (χ0) is 16.5. The van der Waals surface area contributed by atoms with E-state index in [0.717, 1.165) is 27.6 Å². The zero-order valence-electron chi connectivity index (χ0n) is 12.7. The van der Waals surface area contributed by atoms with Gasteiger partial charge in [0.05, 0.1) is 24.7 Å². The van der Waals surface area contributed by atoms with Crippen LogP contribution in [0.25, 0.3) is 22.1 Å². The lowest BCUT2D eigenvalue weighted by atomic mass is 10.2. The molecule has 1 aromatic carbocycles. The minimum atomic E-state index is -0.163. The number of benzene rings is 1. The van der Waals surface area contributed by atoms with Gasteiger partial charge >= 0.3 is 0 Å². The first kappa shape index (κ1) is 14.4. The molecule has 0 aliphatic carbocycles. The first-order valence-corrected chi connectivity index (χ1v) is 7.53. The van der Waals surface area contributed by atoms with Crippen LogP contribution in [-0.2, 0) is 17.8 Å². The molecule has 0 saturated carbocycles. The van der Waals surface area contributed by atoms with Crippen molar-refractivity contribution in [2.75, 3.05) is 5.32 Å². The van der Waals surface area contributed by atoms with Crippen LogP contribution in [0.15, 0.2) is 42.7 Å². The molecule has 0 unspecified atom stereocenters. The summed E-state index contributed by atoms with van der Waals surface area (Å²) < 4.78 is 0. The second-order valence-electron chi connectivity index (χ2n) is 5.52. The van der Waals surface area contributed by atoms with Crippen molar-refractivity contribution in [3.63, 3.8) is 0 Å². The highest BCUT2D eigenvalue weighted by Crippen LogP contribution is 2.20. The molecule has 3 heterocycles. The summed E-state index contributed by atoms with van der Waals surface area (Å²) in [5.41, 5.74) is 3.87. The van der Waals surface area contributed by atoms with Crippen LogP contribution in [0.2, 0.25) is 0 Å². The van der Waals surface area contributed by atoms with Crippen molar-refractivity contribution in [1.29, 1.82) is 0 Å². The summed E-state index contributed by atoms with van der Waals surface area (Å²) in [6.07, 6.45) is 3.64. The first-order valence-electron chi connectivity index (χ1n) is 7.53. The van der Waals surface area contributed by atoms with Crippen molar-refractivity contribution >= 4 is 33.7 Å². The molecule has 0 aliphatic heterocycles. The molecule has 120 valence electrons.